The maximum atomic E-state index is 10.9. The van der Waals surface area contributed by atoms with Crippen molar-refractivity contribution in [3.63, 3.8) is 0 Å². The Labute approximate surface area is 64.9 Å². The average Bonchev–Trinajstić information content (AvgIpc) is 2.29. The molecule has 5 nitrogen and oxygen atoms in total. The molecule has 1 saturated heterocycles. The third-order valence-electron chi connectivity index (χ3n) is 1.73. The lowest BCUT2D eigenvalue weighted by Gasteiger charge is -2.24. The topological polar surface area (TPSA) is 67.8 Å². The molecule has 2 rings (SSSR count). The summed E-state index contributed by atoms with van der Waals surface area (Å²) in [5, 5.41) is 5.87. The molecule has 0 spiro atoms. The molecule has 0 unspecified atom stereocenters. The first kappa shape index (κ1) is 6.78. The highest BCUT2D eigenvalue weighted by Gasteiger charge is 2.27. The van der Waals surface area contributed by atoms with E-state index in [0.717, 1.165) is 0 Å². The molecule has 2 heterocycles. The van der Waals surface area contributed by atoms with Crippen molar-refractivity contribution in [3.05, 3.63) is 16.8 Å². The highest BCUT2D eigenvalue weighted by atomic mass is 32.2. The number of aromatic nitrogens is 3. The summed E-state index contributed by atoms with van der Waals surface area (Å²) in [4.78, 5) is 10.9. The largest absolute Gasteiger partial charge is 0.343 e. The molecule has 1 N–H and O–H groups in total. The van der Waals surface area contributed by atoms with E-state index in [1.165, 1.54) is 10.9 Å². The van der Waals surface area contributed by atoms with Crippen LogP contribution < -0.4 is 5.69 Å². The van der Waals surface area contributed by atoms with Crippen molar-refractivity contribution in [1.29, 1.82) is 0 Å². The van der Waals surface area contributed by atoms with Crippen molar-refractivity contribution in [2.24, 2.45) is 0 Å². The van der Waals surface area contributed by atoms with Crippen molar-refractivity contribution in [2.75, 3.05) is 11.5 Å². The van der Waals surface area contributed by atoms with Crippen LogP contribution in [-0.2, 0) is 10.8 Å². The molecule has 6 heteroatoms. The van der Waals surface area contributed by atoms with Gasteiger partial charge in [0.05, 0.1) is 6.04 Å². The van der Waals surface area contributed by atoms with Crippen molar-refractivity contribution >= 4 is 10.8 Å². The second kappa shape index (κ2) is 2.30. The van der Waals surface area contributed by atoms with E-state index in [2.05, 4.69) is 10.2 Å². The van der Waals surface area contributed by atoms with Crippen molar-refractivity contribution in [1.82, 2.24) is 14.8 Å². The third kappa shape index (κ3) is 1.03. The zero-order chi connectivity index (χ0) is 7.84. The third-order valence-corrected chi connectivity index (χ3v) is 3.24. The predicted molar refractivity (Wildman–Crippen MR) is 39.8 cm³/mol. The van der Waals surface area contributed by atoms with Gasteiger partial charge in [-0.2, -0.15) is 5.10 Å². The van der Waals surface area contributed by atoms with Gasteiger partial charge in [-0.25, -0.2) is 9.89 Å². The maximum absolute atomic E-state index is 10.9. The molecular formula is C5H7N3O2S. The highest BCUT2D eigenvalue weighted by molar-refractivity contribution is 7.86. The van der Waals surface area contributed by atoms with E-state index >= 15 is 0 Å². The number of nitrogens with one attached hydrogen (secondary N) is 1. The average molecular weight is 173 g/mol. The van der Waals surface area contributed by atoms with E-state index in [4.69, 9.17) is 0 Å². The van der Waals surface area contributed by atoms with Crippen LogP contribution in [0, 0.1) is 0 Å². The molecule has 1 aromatic heterocycles. The zero-order valence-electron chi connectivity index (χ0n) is 5.69. The van der Waals surface area contributed by atoms with Gasteiger partial charge in [0.25, 0.3) is 0 Å². The summed E-state index contributed by atoms with van der Waals surface area (Å²) in [6.45, 7) is 0. The summed E-state index contributed by atoms with van der Waals surface area (Å²) in [7, 11) is -0.716. The van der Waals surface area contributed by atoms with Gasteiger partial charge in [-0.3, -0.25) is 8.78 Å². The van der Waals surface area contributed by atoms with Gasteiger partial charge in [0.2, 0.25) is 0 Å². The second-order valence-corrected chi connectivity index (χ2v) is 4.04. The van der Waals surface area contributed by atoms with Gasteiger partial charge in [0, 0.05) is 22.3 Å². The Bertz CT molecular complexity index is 333. The van der Waals surface area contributed by atoms with Crippen LogP contribution in [0.2, 0.25) is 0 Å². The Morgan fingerprint density at radius 2 is 2.45 bits per heavy atom. The normalized spacial score (nSPS) is 29.8. The minimum atomic E-state index is -0.716. The first-order chi connectivity index (χ1) is 5.27. The SMILES string of the molecule is O=c1[nH]ncn1C1CS(=O)C1. The highest BCUT2D eigenvalue weighted by Crippen LogP contribution is 2.17. The molecule has 0 bridgehead atoms. The van der Waals surface area contributed by atoms with Crippen LogP contribution >= 0.6 is 0 Å². The van der Waals surface area contributed by atoms with E-state index in [-0.39, 0.29) is 11.7 Å². The number of rotatable bonds is 1. The molecule has 0 amide bonds. The first-order valence-electron chi connectivity index (χ1n) is 3.24. The minimum absolute atomic E-state index is 0.0992. The van der Waals surface area contributed by atoms with Gasteiger partial charge in [0.1, 0.15) is 6.33 Å². The van der Waals surface area contributed by atoms with Crippen molar-refractivity contribution < 1.29 is 4.21 Å². The van der Waals surface area contributed by atoms with Gasteiger partial charge < -0.3 is 0 Å². The van der Waals surface area contributed by atoms with E-state index in [9.17, 15) is 9.00 Å². The lowest BCUT2D eigenvalue weighted by Crippen LogP contribution is -2.37. The van der Waals surface area contributed by atoms with Crippen molar-refractivity contribution in [2.45, 2.75) is 6.04 Å². The standard InChI is InChI=1S/C5H7N3O2S/c9-5-7-6-3-8(5)4-1-11(10)2-4/h3-4H,1-2H2,(H,7,9). The summed E-state index contributed by atoms with van der Waals surface area (Å²) in [6.07, 6.45) is 1.45. The van der Waals surface area contributed by atoms with Crippen LogP contribution in [0.1, 0.15) is 6.04 Å². The summed E-state index contributed by atoms with van der Waals surface area (Å²) in [6, 6.07) is 0.0992. The van der Waals surface area contributed by atoms with E-state index in [0.29, 0.717) is 11.5 Å². The monoisotopic (exact) mass is 173 g/mol. The van der Waals surface area contributed by atoms with Gasteiger partial charge in [-0.05, 0) is 0 Å². The second-order valence-electron chi connectivity index (χ2n) is 2.50. The molecule has 0 aromatic carbocycles. The number of hydrogen-bond donors (Lipinski definition) is 1. The first-order valence-corrected chi connectivity index (χ1v) is 4.72. The zero-order valence-corrected chi connectivity index (χ0v) is 6.50. The summed E-state index contributed by atoms with van der Waals surface area (Å²) in [5.74, 6) is 1.17. The van der Waals surface area contributed by atoms with Gasteiger partial charge in [-0.15, -0.1) is 0 Å². The van der Waals surface area contributed by atoms with E-state index in [1.807, 2.05) is 0 Å². The molecule has 1 aliphatic heterocycles. The fourth-order valence-electron chi connectivity index (χ4n) is 1.06. The quantitative estimate of drug-likeness (QED) is 0.584. The molecule has 0 atom stereocenters. The van der Waals surface area contributed by atoms with E-state index < -0.39 is 10.8 Å². The maximum Gasteiger partial charge on any atom is 0.343 e. The van der Waals surface area contributed by atoms with Gasteiger partial charge in [0.15, 0.2) is 0 Å². The summed E-state index contributed by atoms with van der Waals surface area (Å²) < 4.78 is 12.2. The molecule has 60 valence electrons. The Balaban J connectivity index is 2.25. The number of hydrogen-bond acceptors (Lipinski definition) is 3. The molecular weight excluding hydrogens is 166 g/mol. The Morgan fingerprint density at radius 3 is 2.91 bits per heavy atom. The molecule has 0 aliphatic carbocycles. The van der Waals surface area contributed by atoms with Gasteiger partial charge in [-0.1, -0.05) is 0 Å². The van der Waals surface area contributed by atoms with Crippen LogP contribution in [0.15, 0.2) is 11.1 Å². The summed E-state index contributed by atoms with van der Waals surface area (Å²) >= 11 is 0. The Hall–Kier alpha value is -0.910. The van der Waals surface area contributed by atoms with Crippen LogP contribution in [0.5, 0.6) is 0 Å². The smallest absolute Gasteiger partial charge is 0.277 e. The fraction of sp³-hybridized carbons (Fsp3) is 0.600. The fourth-order valence-corrected chi connectivity index (χ4v) is 2.14. The summed E-state index contributed by atoms with van der Waals surface area (Å²) in [5.41, 5.74) is -0.216. The van der Waals surface area contributed by atoms with Crippen molar-refractivity contribution in [3.8, 4) is 0 Å². The molecule has 1 aliphatic rings. The van der Waals surface area contributed by atoms with E-state index in [1.54, 1.807) is 0 Å². The predicted octanol–water partition coefficient (Wildman–Crippen LogP) is -1.13. The molecule has 0 radical (unpaired) electrons. The Kier molecular flexibility index (Phi) is 1.42. The Morgan fingerprint density at radius 1 is 1.73 bits per heavy atom. The van der Waals surface area contributed by atoms with Gasteiger partial charge >= 0.3 is 5.69 Å². The van der Waals surface area contributed by atoms with Crippen LogP contribution in [0.4, 0.5) is 0 Å². The lowest BCUT2D eigenvalue weighted by molar-refractivity contribution is 0.542. The van der Waals surface area contributed by atoms with Crippen LogP contribution in [0.3, 0.4) is 0 Å². The van der Waals surface area contributed by atoms with Crippen LogP contribution in [0.25, 0.3) is 0 Å². The number of H-pyrrole nitrogens is 1. The number of aromatic amines is 1. The molecule has 1 fully saturated rings. The van der Waals surface area contributed by atoms with Crippen LogP contribution in [-0.4, -0.2) is 30.5 Å². The molecule has 0 saturated carbocycles. The lowest BCUT2D eigenvalue weighted by atomic mass is 10.4. The minimum Gasteiger partial charge on any atom is -0.277 e. The molecule has 11 heavy (non-hydrogen) atoms. The molecule has 1 aromatic rings. The number of nitrogens with zero attached hydrogens (tertiary/aromatic N) is 2.